The topological polar surface area (TPSA) is 88.2 Å². The molecule has 3 unspecified atom stereocenters. The quantitative estimate of drug-likeness (QED) is 0.610. The number of hydrogen-bond acceptors (Lipinski definition) is 6. The molecule has 0 aromatic heterocycles. The van der Waals surface area contributed by atoms with E-state index in [0.29, 0.717) is 26.3 Å². The summed E-state index contributed by atoms with van der Waals surface area (Å²) in [5.41, 5.74) is 0.690. The van der Waals surface area contributed by atoms with Crippen LogP contribution in [-0.4, -0.2) is 71.9 Å². The molecule has 3 aliphatic rings. The fourth-order valence-electron chi connectivity index (χ4n) is 4.73. The number of benzene rings is 2. The number of hydrogen-bond donors (Lipinski definition) is 1. The zero-order valence-corrected chi connectivity index (χ0v) is 19.4. The maximum Gasteiger partial charge on any atom is 0.256 e. The third kappa shape index (κ3) is 4.74. The first-order valence-electron chi connectivity index (χ1n) is 11.7. The van der Waals surface area contributed by atoms with Crippen LogP contribution in [0.3, 0.4) is 0 Å². The fourth-order valence-corrected chi connectivity index (χ4v) is 4.73. The molecule has 2 fully saturated rings. The van der Waals surface area contributed by atoms with Crippen LogP contribution in [0.15, 0.2) is 60.3 Å². The summed E-state index contributed by atoms with van der Waals surface area (Å²) in [4.78, 5) is 43.3. The van der Waals surface area contributed by atoms with E-state index in [0.717, 1.165) is 17.7 Å². The second-order valence-electron chi connectivity index (χ2n) is 8.95. The van der Waals surface area contributed by atoms with Gasteiger partial charge in [-0.15, -0.1) is 0 Å². The molecule has 3 atom stereocenters. The van der Waals surface area contributed by atoms with Gasteiger partial charge in [0.25, 0.3) is 5.91 Å². The number of amides is 2. The molecular formula is C26H25F2N3O5. The van der Waals surface area contributed by atoms with Crippen LogP contribution in [0.4, 0.5) is 8.78 Å². The molecule has 2 aromatic carbocycles. The molecule has 8 nitrogen and oxygen atoms in total. The zero-order valence-electron chi connectivity index (χ0n) is 19.4. The van der Waals surface area contributed by atoms with Gasteiger partial charge in [-0.25, -0.2) is 8.78 Å². The molecule has 5 rings (SSSR count). The van der Waals surface area contributed by atoms with Gasteiger partial charge in [-0.05, 0) is 11.6 Å². The largest absolute Gasteiger partial charge is 0.377 e. The van der Waals surface area contributed by atoms with E-state index in [-0.39, 0.29) is 36.2 Å². The summed E-state index contributed by atoms with van der Waals surface area (Å²) in [6.07, 6.45) is 0.176. The number of piperazine rings is 1. The molecule has 3 heterocycles. The highest BCUT2D eigenvalue weighted by Crippen LogP contribution is 2.30. The van der Waals surface area contributed by atoms with Crippen molar-refractivity contribution in [3.05, 3.63) is 83.1 Å². The van der Waals surface area contributed by atoms with E-state index in [1.165, 1.54) is 12.3 Å². The lowest BCUT2D eigenvalue weighted by Gasteiger charge is -2.48. The Morgan fingerprint density at radius 3 is 2.72 bits per heavy atom. The van der Waals surface area contributed by atoms with E-state index in [4.69, 9.17) is 9.47 Å². The molecule has 0 radical (unpaired) electrons. The second-order valence-corrected chi connectivity index (χ2v) is 8.95. The van der Waals surface area contributed by atoms with Crippen molar-refractivity contribution in [2.75, 3.05) is 26.3 Å². The van der Waals surface area contributed by atoms with Gasteiger partial charge in [0.15, 0.2) is 6.10 Å². The molecule has 2 amide bonds. The van der Waals surface area contributed by atoms with Crippen molar-refractivity contribution in [1.82, 2.24) is 15.1 Å². The highest BCUT2D eigenvalue weighted by molar-refractivity contribution is 6.22. The number of ether oxygens (including phenoxy) is 2. The number of fused-ring (bicyclic) bond motifs is 4. The third-order valence-corrected chi connectivity index (χ3v) is 6.61. The summed E-state index contributed by atoms with van der Waals surface area (Å²) in [5.74, 6) is -3.15. The van der Waals surface area contributed by atoms with Crippen LogP contribution in [0.1, 0.15) is 11.1 Å². The molecule has 0 saturated carbocycles. The van der Waals surface area contributed by atoms with Crippen LogP contribution in [0.5, 0.6) is 0 Å². The van der Waals surface area contributed by atoms with E-state index in [1.807, 2.05) is 30.3 Å². The van der Waals surface area contributed by atoms with Crippen LogP contribution in [-0.2, 0) is 37.0 Å². The summed E-state index contributed by atoms with van der Waals surface area (Å²) in [7, 11) is 0. The number of ketones is 1. The summed E-state index contributed by atoms with van der Waals surface area (Å²) in [5, 5.41) is 2.53. The van der Waals surface area contributed by atoms with E-state index < -0.39 is 35.5 Å². The van der Waals surface area contributed by atoms with Gasteiger partial charge in [-0.3, -0.25) is 14.4 Å². The Bertz CT molecular complexity index is 1210. The van der Waals surface area contributed by atoms with Crippen molar-refractivity contribution in [2.45, 2.75) is 31.3 Å². The molecule has 1 N–H and O–H groups in total. The standard InChI is InChI=1S/C26H25F2N3O5/c27-18-7-6-17(21(28)10-18)11-29-25(33)20-13-31-19-12-30(8-9-35-15-19)26(34)22(31)24(23(20)32)36-14-16-4-2-1-3-5-16/h1-7,10,13,19,22,24H,8-9,11-12,14-15H2,(H,29,33). The van der Waals surface area contributed by atoms with Crippen molar-refractivity contribution in [3.63, 3.8) is 0 Å². The molecular weight excluding hydrogens is 472 g/mol. The fraction of sp³-hybridized carbons (Fsp3) is 0.346. The van der Waals surface area contributed by atoms with Crippen molar-refractivity contribution in [1.29, 1.82) is 0 Å². The lowest BCUT2D eigenvalue weighted by atomic mass is 9.90. The Morgan fingerprint density at radius 1 is 1.14 bits per heavy atom. The lowest BCUT2D eigenvalue weighted by molar-refractivity contribution is -0.158. The Hall–Kier alpha value is -3.63. The average molecular weight is 497 g/mol. The van der Waals surface area contributed by atoms with Crippen LogP contribution >= 0.6 is 0 Å². The number of Topliss-reactive ketones (excluding diaryl/α,β-unsaturated/α-hetero) is 1. The number of carbonyl (C=O) groups is 3. The molecule has 2 saturated heterocycles. The molecule has 3 aliphatic heterocycles. The van der Waals surface area contributed by atoms with Gasteiger partial charge >= 0.3 is 0 Å². The van der Waals surface area contributed by atoms with E-state index in [9.17, 15) is 23.2 Å². The third-order valence-electron chi connectivity index (χ3n) is 6.61. The number of nitrogens with one attached hydrogen (secondary N) is 1. The van der Waals surface area contributed by atoms with Crippen LogP contribution in [0, 0.1) is 11.6 Å². The number of halogens is 2. The predicted octanol–water partition coefficient (Wildman–Crippen LogP) is 1.54. The summed E-state index contributed by atoms with van der Waals surface area (Å²) in [6, 6.07) is 11.1. The van der Waals surface area contributed by atoms with Gasteiger partial charge in [0.1, 0.15) is 23.2 Å². The highest BCUT2D eigenvalue weighted by atomic mass is 19.1. The van der Waals surface area contributed by atoms with E-state index >= 15 is 0 Å². The van der Waals surface area contributed by atoms with Gasteiger partial charge in [0.2, 0.25) is 11.7 Å². The minimum atomic E-state index is -1.21. The molecule has 188 valence electrons. The number of rotatable bonds is 6. The Kier molecular flexibility index (Phi) is 6.80. The summed E-state index contributed by atoms with van der Waals surface area (Å²) >= 11 is 0. The van der Waals surface area contributed by atoms with E-state index in [1.54, 1.807) is 9.80 Å². The first-order valence-corrected chi connectivity index (χ1v) is 11.7. The molecule has 36 heavy (non-hydrogen) atoms. The van der Waals surface area contributed by atoms with E-state index in [2.05, 4.69) is 5.32 Å². The Balaban J connectivity index is 1.42. The average Bonchev–Trinajstić information content (AvgIpc) is 3.10. The smallest absolute Gasteiger partial charge is 0.256 e. The molecule has 10 heteroatoms. The van der Waals surface area contributed by atoms with Gasteiger partial charge in [0, 0.05) is 37.5 Å². The van der Waals surface area contributed by atoms with Crippen molar-refractivity contribution in [2.24, 2.45) is 0 Å². The van der Waals surface area contributed by atoms with Crippen LogP contribution < -0.4 is 5.32 Å². The molecule has 0 spiro atoms. The SMILES string of the molecule is O=C(NCc1ccc(F)cc1F)C1=CN2C3COCCN(C3)C(=O)C2C(OCc2ccccc2)C1=O. The summed E-state index contributed by atoms with van der Waals surface area (Å²) < 4.78 is 38.9. The Morgan fingerprint density at radius 2 is 1.94 bits per heavy atom. The number of carbonyl (C=O) groups excluding carboxylic acids is 3. The maximum atomic E-state index is 14.0. The molecule has 2 aromatic rings. The van der Waals surface area contributed by atoms with Crippen molar-refractivity contribution < 1.29 is 32.6 Å². The van der Waals surface area contributed by atoms with Crippen molar-refractivity contribution >= 4 is 17.6 Å². The van der Waals surface area contributed by atoms with Gasteiger partial charge < -0.3 is 24.6 Å². The normalized spacial score (nSPS) is 23.6. The number of nitrogens with zero attached hydrogens (tertiary/aromatic N) is 2. The maximum absolute atomic E-state index is 14.0. The zero-order chi connectivity index (χ0) is 25.2. The predicted molar refractivity (Wildman–Crippen MR) is 123 cm³/mol. The van der Waals surface area contributed by atoms with Gasteiger partial charge in [-0.1, -0.05) is 36.4 Å². The molecule has 2 bridgehead atoms. The minimum absolute atomic E-state index is 0.0734. The minimum Gasteiger partial charge on any atom is -0.377 e. The van der Waals surface area contributed by atoms with Crippen molar-refractivity contribution in [3.8, 4) is 0 Å². The summed E-state index contributed by atoms with van der Waals surface area (Å²) in [6.45, 7) is 1.36. The first-order chi connectivity index (χ1) is 17.4. The van der Waals surface area contributed by atoms with Gasteiger partial charge in [-0.2, -0.15) is 0 Å². The van der Waals surface area contributed by atoms with Crippen LogP contribution in [0.25, 0.3) is 0 Å². The second kappa shape index (κ2) is 10.2. The monoisotopic (exact) mass is 497 g/mol. The molecule has 0 aliphatic carbocycles. The van der Waals surface area contributed by atoms with Crippen LogP contribution in [0.2, 0.25) is 0 Å². The first kappa shape index (κ1) is 24.1. The lowest BCUT2D eigenvalue weighted by Crippen LogP contribution is -2.67. The highest BCUT2D eigenvalue weighted by Gasteiger charge is 2.51. The van der Waals surface area contributed by atoms with Gasteiger partial charge in [0.05, 0.1) is 25.9 Å². The Labute approximate surface area is 206 Å².